The van der Waals surface area contributed by atoms with E-state index < -0.39 is 0 Å². The molecule has 1 aliphatic carbocycles. The first-order valence-electron chi connectivity index (χ1n) is 6.87. The lowest BCUT2D eigenvalue weighted by atomic mass is 9.96. The quantitative estimate of drug-likeness (QED) is 0.788. The molecule has 0 spiro atoms. The van der Waals surface area contributed by atoms with Gasteiger partial charge in [0.1, 0.15) is 0 Å². The topological polar surface area (TPSA) is 38.9 Å². The molecule has 0 aliphatic heterocycles. The molecule has 0 bridgehead atoms. The zero-order valence-electron chi connectivity index (χ0n) is 10.9. The molecule has 1 aromatic heterocycles. The van der Waals surface area contributed by atoms with E-state index in [0.29, 0.717) is 12.0 Å². The smallest absolute Gasteiger partial charge is 0.0984 e. The van der Waals surface area contributed by atoms with Gasteiger partial charge >= 0.3 is 0 Å². The maximum atomic E-state index is 6.33. The Morgan fingerprint density at radius 3 is 2.94 bits per heavy atom. The van der Waals surface area contributed by atoms with E-state index in [1.807, 2.05) is 11.3 Å². The van der Waals surface area contributed by atoms with Crippen molar-refractivity contribution in [1.82, 2.24) is 4.98 Å². The van der Waals surface area contributed by atoms with Gasteiger partial charge < -0.3 is 5.73 Å². The minimum Gasteiger partial charge on any atom is -0.327 e. The van der Waals surface area contributed by atoms with Crippen LogP contribution in [-0.2, 0) is 0 Å². The molecular formula is C15H20N2S. The lowest BCUT2D eigenvalue weighted by molar-refractivity contribution is 0.504. The fraction of sp³-hybridized carbons (Fsp3) is 0.533. The van der Waals surface area contributed by atoms with E-state index in [9.17, 15) is 0 Å². The maximum absolute atomic E-state index is 6.33. The third kappa shape index (κ3) is 2.29. The molecule has 0 amide bonds. The van der Waals surface area contributed by atoms with Gasteiger partial charge in [0.2, 0.25) is 0 Å². The fourth-order valence-electron chi connectivity index (χ4n) is 2.86. The van der Waals surface area contributed by atoms with Crippen LogP contribution in [0.25, 0.3) is 10.2 Å². The van der Waals surface area contributed by atoms with Gasteiger partial charge in [0, 0.05) is 12.0 Å². The number of benzene rings is 1. The Morgan fingerprint density at radius 1 is 1.22 bits per heavy atom. The molecule has 3 heteroatoms. The second-order valence-electron chi connectivity index (χ2n) is 5.43. The van der Waals surface area contributed by atoms with Crippen LogP contribution in [0, 0.1) is 6.92 Å². The van der Waals surface area contributed by atoms with Crippen LogP contribution in [-0.4, -0.2) is 11.0 Å². The highest BCUT2D eigenvalue weighted by molar-refractivity contribution is 7.18. The van der Waals surface area contributed by atoms with Gasteiger partial charge in [-0.15, -0.1) is 11.3 Å². The first kappa shape index (κ1) is 12.1. The Morgan fingerprint density at radius 2 is 2.06 bits per heavy atom. The van der Waals surface area contributed by atoms with Crippen molar-refractivity contribution in [2.75, 3.05) is 0 Å². The number of hydrogen-bond donors (Lipinski definition) is 1. The second kappa shape index (κ2) is 4.98. The SMILES string of the molecule is Cc1ccc2sc(C3CCCCCC3N)nc2c1. The number of fused-ring (bicyclic) bond motifs is 1. The zero-order chi connectivity index (χ0) is 12.5. The first-order chi connectivity index (χ1) is 8.74. The molecule has 0 radical (unpaired) electrons. The molecule has 1 fully saturated rings. The summed E-state index contributed by atoms with van der Waals surface area (Å²) in [7, 11) is 0. The van der Waals surface area contributed by atoms with E-state index in [0.717, 1.165) is 11.9 Å². The number of nitrogens with two attached hydrogens (primary N) is 1. The van der Waals surface area contributed by atoms with E-state index in [4.69, 9.17) is 10.7 Å². The van der Waals surface area contributed by atoms with Crippen LogP contribution >= 0.6 is 11.3 Å². The van der Waals surface area contributed by atoms with E-state index in [1.54, 1.807) is 0 Å². The first-order valence-corrected chi connectivity index (χ1v) is 7.68. The van der Waals surface area contributed by atoms with E-state index in [1.165, 1.54) is 41.0 Å². The van der Waals surface area contributed by atoms with Gasteiger partial charge in [0.25, 0.3) is 0 Å². The van der Waals surface area contributed by atoms with E-state index in [-0.39, 0.29) is 0 Å². The molecule has 2 atom stereocenters. The predicted molar refractivity (Wildman–Crippen MR) is 78.2 cm³/mol. The van der Waals surface area contributed by atoms with Gasteiger partial charge in [0.05, 0.1) is 15.2 Å². The highest BCUT2D eigenvalue weighted by Crippen LogP contribution is 2.35. The number of hydrogen-bond acceptors (Lipinski definition) is 3. The number of aromatic nitrogens is 1. The summed E-state index contributed by atoms with van der Waals surface area (Å²) in [6.07, 6.45) is 6.27. The standard InChI is InChI=1S/C15H20N2S/c1-10-7-8-14-13(9-10)17-15(18-14)11-5-3-2-4-6-12(11)16/h7-9,11-12H,2-6,16H2,1H3. The minimum absolute atomic E-state index is 0.300. The molecule has 3 rings (SSSR count). The van der Waals surface area contributed by atoms with Gasteiger partial charge in [-0.1, -0.05) is 25.3 Å². The van der Waals surface area contributed by atoms with Crippen molar-refractivity contribution in [3.05, 3.63) is 28.8 Å². The predicted octanol–water partition coefficient (Wildman–Crippen LogP) is 3.98. The number of nitrogens with zero attached hydrogens (tertiary/aromatic N) is 1. The Hall–Kier alpha value is -0.930. The van der Waals surface area contributed by atoms with Crippen molar-refractivity contribution in [3.8, 4) is 0 Å². The molecule has 1 aromatic carbocycles. The van der Waals surface area contributed by atoms with Crippen molar-refractivity contribution < 1.29 is 0 Å². The average molecular weight is 260 g/mol. The summed E-state index contributed by atoms with van der Waals surface area (Å²) in [5.41, 5.74) is 8.76. The molecule has 2 unspecified atom stereocenters. The van der Waals surface area contributed by atoms with Crippen molar-refractivity contribution >= 4 is 21.6 Å². The third-order valence-corrected chi connectivity index (χ3v) is 5.11. The molecule has 2 aromatic rings. The summed E-state index contributed by atoms with van der Waals surface area (Å²) >= 11 is 1.83. The van der Waals surface area contributed by atoms with Crippen LogP contribution in [0.4, 0.5) is 0 Å². The molecule has 2 nitrogen and oxygen atoms in total. The Kier molecular flexibility index (Phi) is 3.35. The van der Waals surface area contributed by atoms with Crippen molar-refractivity contribution in [1.29, 1.82) is 0 Å². The van der Waals surface area contributed by atoms with Gasteiger partial charge in [-0.05, 0) is 37.5 Å². The molecule has 2 N–H and O–H groups in total. The molecular weight excluding hydrogens is 240 g/mol. The highest BCUT2D eigenvalue weighted by Gasteiger charge is 2.24. The monoisotopic (exact) mass is 260 g/mol. The number of thiazole rings is 1. The van der Waals surface area contributed by atoms with Gasteiger partial charge in [-0.3, -0.25) is 0 Å². The molecule has 1 aliphatic rings. The Bertz CT molecular complexity index is 546. The number of rotatable bonds is 1. The Labute approximate surface area is 112 Å². The minimum atomic E-state index is 0.300. The lowest BCUT2D eigenvalue weighted by Crippen LogP contribution is -2.27. The summed E-state index contributed by atoms with van der Waals surface area (Å²) in [6.45, 7) is 2.12. The number of aryl methyl sites for hydroxylation is 1. The van der Waals surface area contributed by atoms with Crippen molar-refractivity contribution in [2.45, 2.75) is 51.0 Å². The normalized spacial score (nSPS) is 25.2. The van der Waals surface area contributed by atoms with Crippen LogP contribution < -0.4 is 5.73 Å². The fourth-order valence-corrected chi connectivity index (χ4v) is 4.02. The van der Waals surface area contributed by atoms with Crippen LogP contribution in [0.2, 0.25) is 0 Å². The van der Waals surface area contributed by atoms with E-state index >= 15 is 0 Å². The third-order valence-electron chi connectivity index (χ3n) is 3.95. The molecule has 18 heavy (non-hydrogen) atoms. The van der Waals surface area contributed by atoms with E-state index in [2.05, 4.69) is 25.1 Å². The molecule has 1 heterocycles. The molecule has 0 saturated heterocycles. The summed E-state index contributed by atoms with van der Waals surface area (Å²) < 4.78 is 1.30. The average Bonchev–Trinajstić information content (AvgIpc) is 2.63. The second-order valence-corrected chi connectivity index (χ2v) is 6.49. The Balaban J connectivity index is 1.97. The molecule has 1 saturated carbocycles. The summed E-state index contributed by atoms with van der Waals surface area (Å²) in [6, 6.07) is 6.83. The van der Waals surface area contributed by atoms with Crippen LogP contribution in [0.15, 0.2) is 18.2 Å². The van der Waals surface area contributed by atoms with Crippen LogP contribution in [0.5, 0.6) is 0 Å². The van der Waals surface area contributed by atoms with Gasteiger partial charge in [-0.2, -0.15) is 0 Å². The maximum Gasteiger partial charge on any atom is 0.0984 e. The van der Waals surface area contributed by atoms with Gasteiger partial charge in [0.15, 0.2) is 0 Å². The van der Waals surface area contributed by atoms with Crippen molar-refractivity contribution in [2.24, 2.45) is 5.73 Å². The summed E-state index contributed by atoms with van der Waals surface area (Å²) in [5, 5.41) is 1.25. The highest BCUT2D eigenvalue weighted by atomic mass is 32.1. The largest absolute Gasteiger partial charge is 0.327 e. The van der Waals surface area contributed by atoms with Gasteiger partial charge in [-0.25, -0.2) is 4.98 Å². The lowest BCUT2D eigenvalue weighted by Gasteiger charge is -2.18. The summed E-state index contributed by atoms with van der Waals surface area (Å²) in [5.74, 6) is 0.477. The zero-order valence-corrected chi connectivity index (χ0v) is 11.7. The van der Waals surface area contributed by atoms with Crippen molar-refractivity contribution in [3.63, 3.8) is 0 Å². The molecule has 96 valence electrons. The van der Waals surface area contributed by atoms with Crippen LogP contribution in [0.3, 0.4) is 0 Å². The van der Waals surface area contributed by atoms with Crippen LogP contribution in [0.1, 0.15) is 48.6 Å². The summed E-state index contributed by atoms with van der Waals surface area (Å²) in [4.78, 5) is 4.83.